The average Bonchev–Trinajstić information content (AvgIpc) is 2.68. The van der Waals surface area contributed by atoms with Crippen LogP contribution in [0.4, 0.5) is 24.5 Å². The van der Waals surface area contributed by atoms with Gasteiger partial charge in [0.1, 0.15) is 12.3 Å². The normalized spacial score (nSPS) is 11.1. The zero-order chi connectivity index (χ0) is 20.1. The quantitative estimate of drug-likeness (QED) is 0.623. The number of H-pyrrole nitrogens is 1. The minimum Gasteiger partial charge on any atom is -0.739 e. The van der Waals surface area contributed by atoms with Crippen LogP contribution in [0.2, 0.25) is 0 Å². The number of pyridine rings is 2. The van der Waals surface area contributed by atoms with Crippen LogP contribution in [0.5, 0.6) is 5.75 Å². The molecule has 28 heavy (non-hydrogen) atoms. The fourth-order valence-electron chi connectivity index (χ4n) is 2.29. The lowest BCUT2D eigenvalue weighted by Crippen LogP contribution is -2.28. The predicted octanol–water partition coefficient (Wildman–Crippen LogP) is 3.70. The Bertz CT molecular complexity index is 993. The highest BCUT2D eigenvalue weighted by molar-refractivity contribution is 5.62. The molecule has 0 aliphatic rings. The molecule has 7 nitrogen and oxygen atoms in total. The number of aromatic amines is 1. The number of nitrogens with one attached hydrogen (secondary N) is 2. The molecule has 0 unspecified atom stereocenters. The van der Waals surface area contributed by atoms with Crippen molar-refractivity contribution < 1.29 is 17.9 Å². The van der Waals surface area contributed by atoms with E-state index in [1.54, 1.807) is 0 Å². The van der Waals surface area contributed by atoms with Gasteiger partial charge in [0.2, 0.25) is 0 Å². The van der Waals surface area contributed by atoms with E-state index in [1.807, 2.05) is 35.3 Å². The molecular weight excluding hydrogens is 377 g/mol. The predicted molar refractivity (Wildman–Crippen MR) is 96.5 cm³/mol. The molecule has 0 amide bonds. The highest BCUT2D eigenvalue weighted by Crippen LogP contribution is 2.30. The van der Waals surface area contributed by atoms with Crippen molar-refractivity contribution in [1.82, 2.24) is 9.97 Å². The van der Waals surface area contributed by atoms with Gasteiger partial charge in [0.25, 0.3) is 5.56 Å². The van der Waals surface area contributed by atoms with E-state index in [0.717, 1.165) is 5.56 Å². The van der Waals surface area contributed by atoms with Gasteiger partial charge in [-0.15, -0.1) is 0 Å². The number of ether oxygens (including phenoxy) is 1. The highest BCUT2D eigenvalue weighted by Gasteiger charge is 2.31. The van der Waals surface area contributed by atoms with Crippen LogP contribution in [0.15, 0.2) is 65.8 Å². The number of hydrogen-bond donors (Lipinski definition) is 2. The first-order chi connectivity index (χ1) is 13.3. The summed E-state index contributed by atoms with van der Waals surface area (Å²) in [5.41, 5.74) is 0.357. The number of hydrogen-bond acceptors (Lipinski definition) is 6. The van der Waals surface area contributed by atoms with Crippen LogP contribution in [0.3, 0.4) is 0 Å². The van der Waals surface area contributed by atoms with Gasteiger partial charge >= 0.3 is 6.18 Å². The number of hydrazine groups is 1. The number of benzene rings is 1. The van der Waals surface area contributed by atoms with Gasteiger partial charge in [-0.25, -0.2) is 0 Å². The number of aromatic nitrogens is 2. The van der Waals surface area contributed by atoms with Crippen molar-refractivity contribution in [2.45, 2.75) is 12.8 Å². The number of alkyl halides is 3. The van der Waals surface area contributed by atoms with E-state index in [4.69, 9.17) is 4.74 Å². The molecule has 0 bridgehead atoms. The second-order valence-corrected chi connectivity index (χ2v) is 5.65. The second-order valence-electron chi connectivity index (χ2n) is 5.65. The van der Waals surface area contributed by atoms with E-state index >= 15 is 0 Å². The Morgan fingerprint density at radius 3 is 2.68 bits per heavy atom. The van der Waals surface area contributed by atoms with E-state index in [0.29, 0.717) is 12.3 Å². The topological polar surface area (TPSA) is 93.3 Å². The van der Waals surface area contributed by atoms with Gasteiger partial charge in [-0.1, -0.05) is 30.3 Å². The van der Waals surface area contributed by atoms with Crippen molar-refractivity contribution in [3.63, 3.8) is 0 Å². The third-order valence-electron chi connectivity index (χ3n) is 3.67. The molecule has 0 spiro atoms. The number of anilines is 2. The van der Waals surface area contributed by atoms with Crippen LogP contribution < -0.4 is 20.9 Å². The van der Waals surface area contributed by atoms with Gasteiger partial charge in [-0.05, 0) is 17.7 Å². The Morgan fingerprint density at radius 2 is 1.96 bits per heavy atom. The Labute approximate surface area is 157 Å². The van der Waals surface area contributed by atoms with Gasteiger partial charge in [-0.2, -0.15) is 13.2 Å². The third-order valence-corrected chi connectivity index (χ3v) is 3.67. The summed E-state index contributed by atoms with van der Waals surface area (Å²) >= 11 is 0. The van der Waals surface area contributed by atoms with Crippen LogP contribution in [-0.2, 0) is 12.8 Å². The zero-order valence-electron chi connectivity index (χ0n) is 14.2. The molecule has 0 saturated carbocycles. The lowest BCUT2D eigenvalue weighted by molar-refractivity contribution is -0.137. The molecule has 1 aromatic carbocycles. The Morgan fingerprint density at radius 1 is 1.21 bits per heavy atom. The minimum absolute atomic E-state index is 0.0530. The summed E-state index contributed by atoms with van der Waals surface area (Å²) in [5, 5.41) is 12.6. The molecule has 0 atom stereocenters. The Balaban J connectivity index is 1.80. The average molecular weight is 391 g/mol. The fraction of sp³-hybridized carbons (Fsp3) is 0.111. The standard InChI is InChI=1S/C18H14F3N4O3/c19-18(20,21)13-8-14(17(26)23-9-13)24-25(27)15-6-7-22-10-16(15)28-11-12-4-2-1-3-5-12/h1-10,24H,11H2,(H,23,26)/q-1. The molecule has 0 aliphatic heterocycles. The first-order valence-corrected chi connectivity index (χ1v) is 7.99. The second kappa shape index (κ2) is 8.01. The molecule has 2 aromatic heterocycles. The summed E-state index contributed by atoms with van der Waals surface area (Å²) in [5.74, 6) is 0.0947. The molecule has 3 aromatic rings. The lowest BCUT2D eigenvalue weighted by Gasteiger charge is -2.32. The van der Waals surface area contributed by atoms with Crippen LogP contribution >= 0.6 is 0 Å². The summed E-state index contributed by atoms with van der Waals surface area (Å²) in [4.78, 5) is 17.6. The molecule has 0 saturated heterocycles. The molecule has 0 fully saturated rings. The molecular formula is C18H14F3N4O3-. The van der Waals surface area contributed by atoms with E-state index in [9.17, 15) is 23.2 Å². The Hall–Kier alpha value is -3.53. The highest BCUT2D eigenvalue weighted by atomic mass is 19.4. The van der Waals surface area contributed by atoms with Gasteiger partial charge in [0.05, 0.1) is 17.4 Å². The fourth-order valence-corrected chi connectivity index (χ4v) is 2.29. The molecule has 0 radical (unpaired) electrons. The zero-order valence-corrected chi connectivity index (χ0v) is 14.2. The first kappa shape index (κ1) is 19.2. The van der Waals surface area contributed by atoms with E-state index in [1.165, 1.54) is 18.5 Å². The van der Waals surface area contributed by atoms with Crippen molar-refractivity contribution in [3.8, 4) is 5.75 Å². The molecule has 0 aliphatic carbocycles. The Kier molecular flexibility index (Phi) is 5.50. The molecule has 2 N–H and O–H groups in total. The minimum atomic E-state index is -4.67. The van der Waals surface area contributed by atoms with Crippen molar-refractivity contribution in [1.29, 1.82) is 0 Å². The van der Waals surface area contributed by atoms with Gasteiger partial charge in [0, 0.05) is 12.4 Å². The summed E-state index contributed by atoms with van der Waals surface area (Å²) in [6, 6.07) is 11.0. The maximum Gasteiger partial charge on any atom is 0.417 e. The summed E-state index contributed by atoms with van der Waals surface area (Å²) in [6.07, 6.45) is -1.53. The SMILES string of the molecule is O=c1[nH]cc(C(F)(F)F)cc1NN([O-])c1ccncc1OCc1ccccc1. The summed E-state index contributed by atoms with van der Waals surface area (Å²) < 4.78 is 44.0. The number of nitrogens with zero attached hydrogens (tertiary/aromatic N) is 2. The van der Waals surface area contributed by atoms with Crippen molar-refractivity contribution in [2.75, 3.05) is 10.6 Å². The maximum atomic E-state index is 12.8. The lowest BCUT2D eigenvalue weighted by atomic mass is 10.2. The molecule has 10 heteroatoms. The smallest absolute Gasteiger partial charge is 0.417 e. The third kappa shape index (κ3) is 4.60. The van der Waals surface area contributed by atoms with Crippen LogP contribution in [0, 0.1) is 5.21 Å². The van der Waals surface area contributed by atoms with Crippen molar-refractivity contribution >= 4 is 11.4 Å². The number of halogens is 3. The molecule has 146 valence electrons. The van der Waals surface area contributed by atoms with Crippen LogP contribution in [-0.4, -0.2) is 9.97 Å². The summed E-state index contributed by atoms with van der Waals surface area (Å²) in [6.45, 7) is 0.150. The van der Waals surface area contributed by atoms with Crippen LogP contribution in [0.25, 0.3) is 0 Å². The van der Waals surface area contributed by atoms with Crippen molar-refractivity contribution in [3.05, 3.63) is 87.7 Å². The van der Waals surface area contributed by atoms with Gasteiger partial charge in [0.15, 0.2) is 5.75 Å². The largest absolute Gasteiger partial charge is 0.739 e. The number of rotatable bonds is 6. The molecule has 3 rings (SSSR count). The summed E-state index contributed by atoms with van der Waals surface area (Å²) in [7, 11) is 0. The van der Waals surface area contributed by atoms with E-state index < -0.39 is 23.0 Å². The van der Waals surface area contributed by atoms with Crippen molar-refractivity contribution in [2.24, 2.45) is 0 Å². The van der Waals surface area contributed by atoms with Gasteiger partial charge in [-0.3, -0.25) is 9.78 Å². The van der Waals surface area contributed by atoms with Crippen LogP contribution in [0.1, 0.15) is 11.1 Å². The molecule has 2 heterocycles. The van der Waals surface area contributed by atoms with E-state index in [2.05, 4.69) is 10.4 Å². The van der Waals surface area contributed by atoms with Gasteiger partial charge < -0.3 is 25.5 Å². The first-order valence-electron chi connectivity index (χ1n) is 7.99. The monoisotopic (exact) mass is 391 g/mol. The maximum absolute atomic E-state index is 12.8. The van der Waals surface area contributed by atoms with E-state index in [-0.39, 0.29) is 23.2 Å².